The molecule has 6 heteroatoms. The number of nitrogens with one attached hydrogen (secondary N) is 1. The Morgan fingerprint density at radius 1 is 1.23 bits per heavy atom. The first-order chi connectivity index (χ1) is 12.6. The second-order valence-corrected chi connectivity index (χ2v) is 6.51. The number of fused-ring (bicyclic) bond motifs is 1. The van der Waals surface area contributed by atoms with Crippen molar-refractivity contribution >= 4 is 39.8 Å². The number of hydrogen-bond donors (Lipinski definition) is 2. The lowest BCUT2D eigenvalue weighted by atomic mass is 10.1. The van der Waals surface area contributed by atoms with Gasteiger partial charge in [-0.15, -0.1) is 0 Å². The number of halogens is 1. The molecule has 1 aromatic heterocycles. The molecule has 0 aliphatic heterocycles. The van der Waals surface area contributed by atoms with Gasteiger partial charge in [0.15, 0.2) is 0 Å². The number of aliphatic hydroxyl groups is 1. The Hall–Kier alpha value is -2.63. The Bertz CT molecular complexity index is 930. The highest BCUT2D eigenvalue weighted by molar-refractivity contribution is 6.31. The summed E-state index contributed by atoms with van der Waals surface area (Å²) in [7, 11) is 0. The molecule has 3 rings (SSSR count). The van der Waals surface area contributed by atoms with Crippen LogP contribution >= 0.6 is 11.6 Å². The molecule has 0 aliphatic carbocycles. The second kappa shape index (κ2) is 8.17. The van der Waals surface area contributed by atoms with Crippen LogP contribution in [0.1, 0.15) is 17.3 Å². The molecule has 0 saturated carbocycles. The molecule has 26 heavy (non-hydrogen) atoms. The molecule has 0 spiro atoms. The number of esters is 1. The van der Waals surface area contributed by atoms with Crippen molar-refractivity contribution in [2.24, 2.45) is 5.92 Å². The van der Waals surface area contributed by atoms with Crippen molar-refractivity contribution in [3.63, 3.8) is 0 Å². The Morgan fingerprint density at radius 3 is 2.85 bits per heavy atom. The number of hydrogen-bond acceptors (Lipinski definition) is 5. The zero-order chi connectivity index (χ0) is 18.5. The zero-order valence-electron chi connectivity index (χ0n) is 14.3. The van der Waals surface area contributed by atoms with Gasteiger partial charge in [-0.2, -0.15) is 0 Å². The third-order valence-corrected chi connectivity index (χ3v) is 4.17. The number of nitrogens with zero attached hydrogens (tertiary/aromatic N) is 1. The maximum atomic E-state index is 12.4. The van der Waals surface area contributed by atoms with Crippen molar-refractivity contribution in [2.75, 3.05) is 18.5 Å². The van der Waals surface area contributed by atoms with Crippen LogP contribution in [0.3, 0.4) is 0 Å². The lowest BCUT2D eigenvalue weighted by Gasteiger charge is -2.14. The summed E-state index contributed by atoms with van der Waals surface area (Å²) in [5, 5.41) is 13.9. The highest BCUT2D eigenvalue weighted by Crippen LogP contribution is 2.28. The summed E-state index contributed by atoms with van der Waals surface area (Å²) in [6, 6.07) is 14.5. The summed E-state index contributed by atoms with van der Waals surface area (Å²) >= 11 is 6.03. The van der Waals surface area contributed by atoms with Crippen LogP contribution in [0.25, 0.3) is 10.9 Å². The van der Waals surface area contributed by atoms with Crippen LogP contribution in [0.15, 0.2) is 54.7 Å². The maximum absolute atomic E-state index is 12.4. The molecule has 134 valence electrons. The summed E-state index contributed by atoms with van der Waals surface area (Å²) < 4.78 is 5.29. The summed E-state index contributed by atoms with van der Waals surface area (Å²) in [4.78, 5) is 16.7. The van der Waals surface area contributed by atoms with Gasteiger partial charge in [-0.1, -0.05) is 30.7 Å². The van der Waals surface area contributed by atoms with Crippen LogP contribution < -0.4 is 5.32 Å². The van der Waals surface area contributed by atoms with Gasteiger partial charge in [0.2, 0.25) is 0 Å². The van der Waals surface area contributed by atoms with Gasteiger partial charge in [-0.05, 0) is 36.4 Å². The summed E-state index contributed by atoms with van der Waals surface area (Å²) in [5.41, 5.74) is 2.64. The molecule has 2 N–H and O–H groups in total. The van der Waals surface area contributed by atoms with Gasteiger partial charge in [0.1, 0.15) is 0 Å². The van der Waals surface area contributed by atoms with E-state index in [1.54, 1.807) is 30.5 Å². The fourth-order valence-electron chi connectivity index (χ4n) is 2.49. The molecule has 0 aliphatic rings. The number of rotatable bonds is 6. The average molecular weight is 371 g/mol. The molecule has 0 saturated heterocycles. The van der Waals surface area contributed by atoms with E-state index in [9.17, 15) is 4.79 Å². The highest BCUT2D eigenvalue weighted by atomic mass is 35.5. The quantitative estimate of drug-likeness (QED) is 0.628. The van der Waals surface area contributed by atoms with E-state index in [1.807, 2.05) is 31.2 Å². The predicted octanol–water partition coefficient (Wildman–Crippen LogP) is 4.42. The molecule has 3 aromatic rings. The standard InChI is InChI=1S/C20H19ClN2O3/c1-13(11-24)12-26-20(25)16-4-2-3-5-17(16)23-18-8-9-22-19-10-14(21)6-7-15(18)19/h2-10,13,24H,11-12H2,1H3,(H,22,23). The van der Waals surface area contributed by atoms with Crippen molar-refractivity contribution in [3.8, 4) is 0 Å². The van der Waals surface area contributed by atoms with E-state index in [1.165, 1.54) is 0 Å². The molecular weight excluding hydrogens is 352 g/mol. The van der Waals surface area contributed by atoms with Crippen molar-refractivity contribution in [1.82, 2.24) is 4.98 Å². The Morgan fingerprint density at radius 2 is 2.04 bits per heavy atom. The average Bonchev–Trinajstić information content (AvgIpc) is 2.66. The molecule has 0 bridgehead atoms. The maximum Gasteiger partial charge on any atom is 0.340 e. The number of aromatic nitrogens is 1. The van der Waals surface area contributed by atoms with Crippen molar-refractivity contribution in [1.29, 1.82) is 0 Å². The lowest BCUT2D eigenvalue weighted by molar-refractivity contribution is 0.0406. The van der Waals surface area contributed by atoms with Crippen LogP contribution in [0.4, 0.5) is 11.4 Å². The Balaban J connectivity index is 1.88. The van der Waals surface area contributed by atoms with Gasteiger partial charge in [0, 0.05) is 34.8 Å². The molecule has 0 radical (unpaired) electrons. The molecular formula is C20H19ClN2O3. The normalized spacial score (nSPS) is 12.0. The molecule has 5 nitrogen and oxygen atoms in total. The number of benzene rings is 2. The first-order valence-corrected chi connectivity index (χ1v) is 8.64. The molecule has 0 fully saturated rings. The molecule has 0 amide bonds. The summed E-state index contributed by atoms with van der Waals surface area (Å²) in [6.45, 7) is 1.95. The number of pyridine rings is 1. The first-order valence-electron chi connectivity index (χ1n) is 8.27. The van der Waals surface area contributed by atoms with Crippen LogP contribution in [0.2, 0.25) is 5.02 Å². The topological polar surface area (TPSA) is 71.5 Å². The van der Waals surface area contributed by atoms with E-state index in [4.69, 9.17) is 21.4 Å². The molecule has 1 unspecified atom stereocenters. The number of para-hydroxylation sites is 1. The van der Waals surface area contributed by atoms with Gasteiger partial charge in [-0.3, -0.25) is 4.98 Å². The third-order valence-electron chi connectivity index (χ3n) is 3.93. The van der Waals surface area contributed by atoms with E-state index in [0.717, 1.165) is 16.6 Å². The Kier molecular flexibility index (Phi) is 5.71. The van der Waals surface area contributed by atoms with Crippen LogP contribution in [-0.4, -0.2) is 29.3 Å². The van der Waals surface area contributed by atoms with Gasteiger partial charge in [0.25, 0.3) is 0 Å². The van der Waals surface area contributed by atoms with Gasteiger partial charge in [-0.25, -0.2) is 4.79 Å². The monoisotopic (exact) mass is 370 g/mol. The van der Waals surface area contributed by atoms with Crippen molar-refractivity contribution in [2.45, 2.75) is 6.92 Å². The molecule has 1 heterocycles. The SMILES string of the molecule is CC(CO)COC(=O)c1ccccc1Nc1ccnc2cc(Cl)ccc12. The van der Waals surface area contributed by atoms with Crippen LogP contribution in [0, 0.1) is 5.92 Å². The number of ether oxygens (including phenoxy) is 1. The minimum Gasteiger partial charge on any atom is -0.462 e. The largest absolute Gasteiger partial charge is 0.462 e. The second-order valence-electron chi connectivity index (χ2n) is 6.08. The van der Waals surface area contributed by atoms with Gasteiger partial charge >= 0.3 is 5.97 Å². The zero-order valence-corrected chi connectivity index (χ0v) is 15.0. The van der Waals surface area contributed by atoms with E-state index in [0.29, 0.717) is 16.3 Å². The third kappa shape index (κ3) is 4.12. The lowest BCUT2D eigenvalue weighted by Crippen LogP contribution is -2.15. The van der Waals surface area contributed by atoms with E-state index in [-0.39, 0.29) is 19.1 Å². The number of carbonyl (C=O) groups excluding carboxylic acids is 1. The number of carbonyl (C=O) groups is 1. The molecule has 1 atom stereocenters. The van der Waals surface area contributed by atoms with Gasteiger partial charge in [0.05, 0.1) is 23.4 Å². The minimum absolute atomic E-state index is 0.0290. The smallest absolute Gasteiger partial charge is 0.340 e. The predicted molar refractivity (Wildman–Crippen MR) is 103 cm³/mol. The first kappa shape index (κ1) is 18.2. The fraction of sp³-hybridized carbons (Fsp3) is 0.200. The van der Waals surface area contributed by atoms with E-state index < -0.39 is 5.97 Å². The van der Waals surface area contributed by atoms with Crippen molar-refractivity contribution < 1.29 is 14.6 Å². The number of aliphatic hydroxyl groups excluding tert-OH is 1. The van der Waals surface area contributed by atoms with Crippen LogP contribution in [-0.2, 0) is 4.74 Å². The Labute approximate surface area is 156 Å². The minimum atomic E-state index is -0.435. The number of anilines is 2. The van der Waals surface area contributed by atoms with E-state index in [2.05, 4.69) is 10.3 Å². The van der Waals surface area contributed by atoms with Crippen LogP contribution in [0.5, 0.6) is 0 Å². The van der Waals surface area contributed by atoms with Gasteiger partial charge < -0.3 is 15.2 Å². The van der Waals surface area contributed by atoms with E-state index >= 15 is 0 Å². The van der Waals surface area contributed by atoms with Crippen molar-refractivity contribution in [3.05, 3.63) is 65.3 Å². The fourth-order valence-corrected chi connectivity index (χ4v) is 2.66. The summed E-state index contributed by atoms with van der Waals surface area (Å²) in [6.07, 6.45) is 1.69. The summed E-state index contributed by atoms with van der Waals surface area (Å²) in [5.74, 6) is -0.539. The molecule has 2 aromatic carbocycles. The highest BCUT2D eigenvalue weighted by Gasteiger charge is 2.15.